The van der Waals surface area contributed by atoms with Gasteiger partial charge in [-0.15, -0.1) is 0 Å². The summed E-state index contributed by atoms with van der Waals surface area (Å²) in [5.41, 5.74) is 0.466. The minimum absolute atomic E-state index is 0.0532. The topological polar surface area (TPSA) is 68.4 Å². The quantitative estimate of drug-likeness (QED) is 0.658. The van der Waals surface area contributed by atoms with Crippen LogP contribution in [0.1, 0.15) is 27.8 Å². The Morgan fingerprint density at radius 2 is 1.82 bits per heavy atom. The summed E-state index contributed by atoms with van der Waals surface area (Å²) >= 11 is 0. The number of carbonyl (C=O) groups is 2. The van der Waals surface area contributed by atoms with Crippen molar-refractivity contribution in [2.45, 2.75) is 19.6 Å². The van der Waals surface area contributed by atoms with Crippen molar-refractivity contribution in [1.82, 2.24) is 4.98 Å². The summed E-state index contributed by atoms with van der Waals surface area (Å²) in [4.78, 5) is 26.5. The van der Waals surface area contributed by atoms with Gasteiger partial charge in [0.2, 0.25) is 5.78 Å². The summed E-state index contributed by atoms with van der Waals surface area (Å²) in [6, 6.07) is 8.32. The number of carbonyl (C=O) groups excluding carboxylic acids is 2. The highest BCUT2D eigenvalue weighted by molar-refractivity contribution is 6.01. The van der Waals surface area contributed by atoms with E-state index in [1.165, 1.54) is 37.3 Å². The molecular weight excluding hydrogens is 296 g/mol. The van der Waals surface area contributed by atoms with Crippen molar-refractivity contribution in [3.63, 3.8) is 0 Å². The number of hydrogen-bond donors (Lipinski definition) is 1. The molecule has 0 spiro atoms. The van der Waals surface area contributed by atoms with E-state index >= 15 is 0 Å². The van der Waals surface area contributed by atoms with Gasteiger partial charge in [-0.25, -0.2) is 4.79 Å². The second kappa shape index (κ2) is 6.84. The molecule has 1 N–H and O–H groups in total. The zero-order valence-electron chi connectivity index (χ0n) is 11.6. The molecule has 1 aromatic carbocycles. The van der Waals surface area contributed by atoms with Crippen molar-refractivity contribution in [2.75, 3.05) is 0 Å². The van der Waals surface area contributed by atoms with Crippen LogP contribution in [0.2, 0.25) is 0 Å². The number of H-pyrrole nitrogens is 1. The van der Waals surface area contributed by atoms with Gasteiger partial charge in [0, 0.05) is 11.8 Å². The third-order valence-corrected chi connectivity index (χ3v) is 2.83. The lowest BCUT2D eigenvalue weighted by atomic mass is 10.1. The van der Waals surface area contributed by atoms with Crippen LogP contribution in [0.3, 0.4) is 0 Å². The number of rotatable bonds is 6. The van der Waals surface area contributed by atoms with Crippen LogP contribution in [-0.2, 0) is 4.74 Å². The van der Waals surface area contributed by atoms with Gasteiger partial charge in [0.15, 0.2) is 6.10 Å². The Labute approximate surface area is 124 Å². The highest BCUT2D eigenvalue weighted by atomic mass is 19.3. The lowest BCUT2D eigenvalue weighted by molar-refractivity contribution is -0.0498. The highest BCUT2D eigenvalue weighted by Crippen LogP contribution is 2.16. The molecule has 1 atom stereocenters. The number of hydrogen-bond acceptors (Lipinski definition) is 4. The fourth-order valence-corrected chi connectivity index (χ4v) is 1.77. The average Bonchev–Trinajstić information content (AvgIpc) is 3.01. The first-order chi connectivity index (χ1) is 10.5. The molecule has 0 aliphatic carbocycles. The van der Waals surface area contributed by atoms with Gasteiger partial charge in [-0.2, -0.15) is 8.78 Å². The summed E-state index contributed by atoms with van der Waals surface area (Å²) in [7, 11) is 0. The van der Waals surface area contributed by atoms with Gasteiger partial charge in [-0.05, 0) is 43.3 Å². The van der Waals surface area contributed by atoms with Crippen LogP contribution in [0.5, 0.6) is 5.75 Å². The van der Waals surface area contributed by atoms with Crippen LogP contribution in [0.25, 0.3) is 0 Å². The average molecular weight is 309 g/mol. The normalized spacial score (nSPS) is 12.0. The summed E-state index contributed by atoms with van der Waals surface area (Å²) < 4.78 is 33.3. The molecule has 0 fully saturated rings. The number of Topliss-reactive ketones (excluding diaryl/α,β-unsaturated/α-hetero) is 1. The Morgan fingerprint density at radius 3 is 2.36 bits per heavy atom. The zero-order valence-corrected chi connectivity index (χ0v) is 11.6. The molecule has 0 saturated carbocycles. The number of benzene rings is 1. The number of aromatic nitrogens is 1. The summed E-state index contributed by atoms with van der Waals surface area (Å²) in [5, 5.41) is 0. The number of aromatic amines is 1. The van der Waals surface area contributed by atoms with Crippen molar-refractivity contribution in [2.24, 2.45) is 0 Å². The number of nitrogens with one attached hydrogen (secondary N) is 1. The molecule has 5 nitrogen and oxygen atoms in total. The van der Waals surface area contributed by atoms with Gasteiger partial charge in [-0.1, -0.05) is 0 Å². The Kier molecular flexibility index (Phi) is 4.88. The molecule has 0 bridgehead atoms. The molecule has 1 aromatic heterocycles. The van der Waals surface area contributed by atoms with Crippen LogP contribution in [0.15, 0.2) is 42.6 Å². The molecule has 0 unspecified atom stereocenters. The lowest BCUT2D eigenvalue weighted by Gasteiger charge is -2.12. The Morgan fingerprint density at radius 1 is 1.14 bits per heavy atom. The molecule has 2 rings (SSSR count). The lowest BCUT2D eigenvalue weighted by Crippen LogP contribution is -2.24. The fourth-order valence-electron chi connectivity index (χ4n) is 1.77. The Hall–Kier alpha value is -2.70. The third kappa shape index (κ3) is 3.91. The van der Waals surface area contributed by atoms with Gasteiger partial charge >= 0.3 is 12.6 Å². The predicted octanol–water partition coefficient (Wildman–Crippen LogP) is 3.04. The first-order valence-corrected chi connectivity index (χ1v) is 6.41. The maximum absolute atomic E-state index is 12.1. The zero-order chi connectivity index (χ0) is 16.1. The molecule has 1 heterocycles. The van der Waals surface area contributed by atoms with Crippen molar-refractivity contribution in [1.29, 1.82) is 0 Å². The van der Waals surface area contributed by atoms with Crippen molar-refractivity contribution in [3.05, 3.63) is 53.9 Å². The van der Waals surface area contributed by atoms with E-state index < -0.39 is 24.5 Å². The predicted molar refractivity (Wildman–Crippen MR) is 73.1 cm³/mol. The van der Waals surface area contributed by atoms with Gasteiger partial charge in [0.1, 0.15) is 11.4 Å². The molecule has 0 amide bonds. The number of ketones is 1. The van der Waals surface area contributed by atoms with Crippen LogP contribution >= 0.6 is 0 Å². The molecule has 0 saturated heterocycles. The minimum atomic E-state index is -2.93. The highest BCUT2D eigenvalue weighted by Gasteiger charge is 2.21. The SMILES string of the molecule is C[C@H](OC(=O)c1ccc[nH]1)C(=O)c1ccc(OC(F)F)cc1. The van der Waals surface area contributed by atoms with E-state index in [9.17, 15) is 18.4 Å². The summed E-state index contributed by atoms with van der Waals surface area (Å²) in [6.07, 6.45) is 0.558. The maximum Gasteiger partial charge on any atom is 0.387 e. The van der Waals surface area contributed by atoms with Gasteiger partial charge in [-0.3, -0.25) is 4.79 Å². The van der Waals surface area contributed by atoms with E-state index in [-0.39, 0.29) is 17.0 Å². The maximum atomic E-state index is 12.1. The Bertz CT molecular complexity index is 638. The van der Waals surface area contributed by atoms with E-state index in [1.807, 2.05) is 0 Å². The monoisotopic (exact) mass is 309 g/mol. The molecule has 0 aliphatic rings. The number of esters is 1. The smallest absolute Gasteiger partial charge is 0.387 e. The van der Waals surface area contributed by atoms with Crippen molar-refractivity contribution in [3.8, 4) is 5.75 Å². The van der Waals surface area contributed by atoms with Gasteiger partial charge in [0.25, 0.3) is 0 Å². The first-order valence-electron chi connectivity index (χ1n) is 6.41. The van der Waals surface area contributed by atoms with Gasteiger partial charge < -0.3 is 14.5 Å². The number of halogens is 2. The van der Waals surface area contributed by atoms with E-state index in [2.05, 4.69) is 9.72 Å². The Balaban J connectivity index is 1.99. The van der Waals surface area contributed by atoms with Gasteiger partial charge in [0.05, 0.1) is 0 Å². The molecule has 22 heavy (non-hydrogen) atoms. The van der Waals surface area contributed by atoms with Crippen LogP contribution < -0.4 is 4.74 Å². The molecule has 0 aliphatic heterocycles. The fraction of sp³-hybridized carbons (Fsp3) is 0.200. The van der Waals surface area contributed by atoms with Crippen molar-refractivity contribution >= 4 is 11.8 Å². The van der Waals surface area contributed by atoms with E-state index in [4.69, 9.17) is 4.74 Å². The molecule has 7 heteroatoms. The minimum Gasteiger partial charge on any atom is -0.450 e. The number of alkyl halides is 2. The molecular formula is C15H13F2NO4. The largest absolute Gasteiger partial charge is 0.450 e. The second-order valence-corrected chi connectivity index (χ2v) is 4.40. The third-order valence-electron chi connectivity index (χ3n) is 2.83. The van der Waals surface area contributed by atoms with E-state index in [1.54, 1.807) is 12.3 Å². The van der Waals surface area contributed by atoms with Crippen molar-refractivity contribution < 1.29 is 27.8 Å². The van der Waals surface area contributed by atoms with Crippen LogP contribution in [0.4, 0.5) is 8.78 Å². The molecule has 0 radical (unpaired) electrons. The molecule has 116 valence electrons. The van der Waals surface area contributed by atoms with E-state index in [0.29, 0.717) is 0 Å². The summed E-state index contributed by atoms with van der Waals surface area (Å²) in [5.74, 6) is -1.14. The second-order valence-electron chi connectivity index (χ2n) is 4.40. The standard InChI is InChI=1S/C15H13F2NO4/c1-9(21-14(20)12-3-2-8-18-12)13(19)10-4-6-11(7-5-10)22-15(16)17/h2-9,15,18H,1H3/t9-/m0/s1. The van der Waals surface area contributed by atoms with Crippen LogP contribution in [0, 0.1) is 0 Å². The van der Waals surface area contributed by atoms with Crippen LogP contribution in [-0.4, -0.2) is 29.5 Å². The first kappa shape index (κ1) is 15.7. The van der Waals surface area contributed by atoms with E-state index in [0.717, 1.165) is 0 Å². The summed E-state index contributed by atoms with van der Waals surface area (Å²) in [6.45, 7) is -1.49. The molecule has 2 aromatic rings. The number of ether oxygens (including phenoxy) is 2.